The van der Waals surface area contributed by atoms with E-state index in [4.69, 9.17) is 21.1 Å². The van der Waals surface area contributed by atoms with Gasteiger partial charge in [-0.05, 0) is 50.5 Å². The number of halogens is 2. The van der Waals surface area contributed by atoms with Crippen molar-refractivity contribution in [1.82, 2.24) is 10.2 Å². The molecule has 42 heavy (non-hydrogen) atoms. The van der Waals surface area contributed by atoms with E-state index < -0.39 is 41.7 Å². The molecule has 7 atom stereocenters. The van der Waals surface area contributed by atoms with E-state index in [0.29, 0.717) is 23.6 Å². The average Bonchev–Trinajstić information content (AvgIpc) is 3.55. The zero-order valence-corrected chi connectivity index (χ0v) is 25.9. The fourth-order valence-electron chi connectivity index (χ4n) is 6.28. The molecule has 2 bridgehead atoms. The molecule has 0 aliphatic carbocycles. The van der Waals surface area contributed by atoms with Gasteiger partial charge in [-0.3, -0.25) is 19.2 Å². The molecule has 1 spiro atoms. The van der Waals surface area contributed by atoms with Crippen LogP contribution in [0.15, 0.2) is 49.6 Å². The summed E-state index contributed by atoms with van der Waals surface area (Å²) >= 11 is 9.72. The molecular formula is C30H37BrClN3O7. The fourth-order valence-corrected chi connectivity index (χ4v) is 7.35. The van der Waals surface area contributed by atoms with Crippen LogP contribution in [0.25, 0.3) is 0 Å². The topological polar surface area (TPSA) is 125 Å². The minimum atomic E-state index is -1.28. The van der Waals surface area contributed by atoms with Gasteiger partial charge in [-0.25, -0.2) is 0 Å². The lowest BCUT2D eigenvalue weighted by molar-refractivity contribution is -0.159. The molecule has 2 N–H and O–H groups in total. The smallest absolute Gasteiger partial charge is 0.312 e. The Balaban J connectivity index is 1.62. The number of fused-ring (bicyclic) bond motifs is 1. The number of hydrogen-bond acceptors (Lipinski definition) is 7. The number of amides is 3. The van der Waals surface area contributed by atoms with Gasteiger partial charge in [0.2, 0.25) is 11.8 Å². The number of allylic oxidation sites excluding steroid dienone is 1. The van der Waals surface area contributed by atoms with Gasteiger partial charge < -0.3 is 29.7 Å². The molecule has 228 valence electrons. The third-order valence-corrected chi connectivity index (χ3v) is 9.14. The van der Waals surface area contributed by atoms with Crippen molar-refractivity contribution in [3.8, 4) is 0 Å². The number of anilines is 1. The Bertz CT molecular complexity index is 1210. The number of ether oxygens (including phenoxy) is 2. The summed E-state index contributed by atoms with van der Waals surface area (Å²) in [5, 5.41) is 12.8. The molecule has 0 aromatic heterocycles. The molecule has 1 unspecified atom stereocenters. The number of esters is 1. The van der Waals surface area contributed by atoms with Crippen LogP contribution in [0.2, 0.25) is 5.02 Å². The molecule has 1 aromatic carbocycles. The minimum Gasteiger partial charge on any atom is -0.460 e. The van der Waals surface area contributed by atoms with Gasteiger partial charge >= 0.3 is 5.97 Å². The summed E-state index contributed by atoms with van der Waals surface area (Å²) < 4.78 is 12.2. The van der Waals surface area contributed by atoms with Crippen molar-refractivity contribution in [3.05, 3.63) is 54.6 Å². The summed E-state index contributed by atoms with van der Waals surface area (Å²) in [6.07, 6.45) is 3.31. The molecule has 0 saturated carbocycles. The lowest BCUT2D eigenvalue weighted by Gasteiger charge is -2.37. The molecule has 3 aliphatic rings. The number of likely N-dealkylation sites (tertiary alicyclic amines) is 1. The maximum absolute atomic E-state index is 14.4. The average molecular weight is 667 g/mol. The molecule has 10 nitrogen and oxygen atoms in total. The zero-order chi connectivity index (χ0) is 30.6. The van der Waals surface area contributed by atoms with Gasteiger partial charge in [0.15, 0.2) is 0 Å². The first-order chi connectivity index (χ1) is 20.1. The number of carbonyl (C=O) groups is 4. The van der Waals surface area contributed by atoms with Crippen LogP contribution in [0.4, 0.5) is 5.69 Å². The van der Waals surface area contributed by atoms with Gasteiger partial charge in [-0.2, -0.15) is 0 Å². The Kier molecular flexibility index (Phi) is 10.5. The van der Waals surface area contributed by atoms with Crippen molar-refractivity contribution < 1.29 is 33.8 Å². The standard InChI is InChI=1S/C30H37BrClN3O7/c1-4-6-8-22(37)33-17-18(3)41-29(40)23-24-27(38)35(14-7-15-36)26(30(24)16-21(31)25(23)42-30)28(39)34(13-5-2)20-11-9-19(32)10-12-20/h4-5,9-12,18,21,23-26,36H,1-2,6-8,13-17H2,3H3,(H,33,37)/t18-,21?,23+,24-,25+,26+,30-/m1/s1. The van der Waals surface area contributed by atoms with Crippen LogP contribution >= 0.6 is 27.5 Å². The summed E-state index contributed by atoms with van der Waals surface area (Å²) in [6, 6.07) is 5.73. The summed E-state index contributed by atoms with van der Waals surface area (Å²) in [5.74, 6) is -3.46. The third-order valence-electron chi connectivity index (χ3n) is 8.05. The van der Waals surface area contributed by atoms with E-state index in [0.717, 1.165) is 0 Å². The van der Waals surface area contributed by atoms with E-state index in [1.54, 1.807) is 43.3 Å². The van der Waals surface area contributed by atoms with Gasteiger partial charge in [0.05, 0.1) is 24.5 Å². The van der Waals surface area contributed by atoms with Gasteiger partial charge in [0.1, 0.15) is 17.7 Å². The molecule has 0 radical (unpaired) electrons. The monoisotopic (exact) mass is 665 g/mol. The minimum absolute atomic E-state index is 0.114. The molecule has 3 fully saturated rings. The van der Waals surface area contributed by atoms with Crippen molar-refractivity contribution >= 4 is 56.9 Å². The van der Waals surface area contributed by atoms with Crippen LogP contribution in [-0.2, 0) is 28.7 Å². The molecule has 3 aliphatic heterocycles. The van der Waals surface area contributed by atoms with Gasteiger partial charge in [0.25, 0.3) is 5.91 Å². The van der Waals surface area contributed by atoms with Crippen molar-refractivity contribution in [2.45, 2.75) is 61.3 Å². The fraction of sp³-hybridized carbons (Fsp3) is 0.533. The van der Waals surface area contributed by atoms with E-state index >= 15 is 0 Å². The summed E-state index contributed by atoms with van der Waals surface area (Å²) in [5.41, 5.74) is -0.707. The number of aliphatic hydroxyl groups excluding tert-OH is 1. The first-order valence-electron chi connectivity index (χ1n) is 14.1. The first-order valence-corrected chi connectivity index (χ1v) is 15.4. The van der Waals surface area contributed by atoms with E-state index in [1.165, 1.54) is 9.80 Å². The Morgan fingerprint density at radius 3 is 2.67 bits per heavy atom. The highest BCUT2D eigenvalue weighted by atomic mass is 79.9. The Morgan fingerprint density at radius 1 is 1.31 bits per heavy atom. The van der Waals surface area contributed by atoms with Crippen molar-refractivity contribution in [3.63, 3.8) is 0 Å². The number of aliphatic hydroxyl groups is 1. The van der Waals surface area contributed by atoms with E-state index in [-0.39, 0.29) is 61.6 Å². The van der Waals surface area contributed by atoms with Crippen molar-refractivity contribution in [2.24, 2.45) is 11.8 Å². The Hall–Kier alpha value is -2.73. The maximum Gasteiger partial charge on any atom is 0.312 e. The largest absolute Gasteiger partial charge is 0.460 e. The van der Waals surface area contributed by atoms with Crippen LogP contribution in [-0.4, -0.2) is 88.6 Å². The lowest BCUT2D eigenvalue weighted by atomic mass is 9.70. The second kappa shape index (κ2) is 13.7. The predicted octanol–water partition coefficient (Wildman–Crippen LogP) is 3.00. The predicted molar refractivity (Wildman–Crippen MR) is 161 cm³/mol. The number of rotatable bonds is 14. The van der Waals surface area contributed by atoms with Crippen LogP contribution in [0.5, 0.6) is 0 Å². The molecule has 12 heteroatoms. The Morgan fingerprint density at radius 2 is 2.02 bits per heavy atom. The quantitative estimate of drug-likeness (QED) is 0.178. The normalized spacial score (nSPS) is 28.2. The number of carbonyl (C=O) groups excluding carboxylic acids is 4. The van der Waals surface area contributed by atoms with E-state index in [1.807, 2.05) is 0 Å². The number of nitrogens with one attached hydrogen (secondary N) is 1. The highest BCUT2D eigenvalue weighted by Crippen LogP contribution is 2.60. The maximum atomic E-state index is 14.4. The number of benzene rings is 1. The van der Waals surface area contributed by atoms with Crippen LogP contribution in [0, 0.1) is 11.8 Å². The highest BCUT2D eigenvalue weighted by Gasteiger charge is 2.77. The summed E-state index contributed by atoms with van der Waals surface area (Å²) in [7, 11) is 0. The van der Waals surface area contributed by atoms with E-state index in [9.17, 15) is 24.3 Å². The van der Waals surface area contributed by atoms with Crippen LogP contribution < -0.4 is 10.2 Å². The summed E-state index contributed by atoms with van der Waals surface area (Å²) in [6.45, 7) is 9.28. The highest BCUT2D eigenvalue weighted by molar-refractivity contribution is 9.09. The molecule has 4 rings (SSSR count). The molecule has 1 aromatic rings. The lowest BCUT2D eigenvalue weighted by Crippen LogP contribution is -2.57. The Labute approximate surface area is 259 Å². The molecule has 3 amide bonds. The van der Waals surface area contributed by atoms with Gasteiger partial charge in [-0.15, -0.1) is 13.2 Å². The zero-order valence-electron chi connectivity index (χ0n) is 23.5. The third kappa shape index (κ3) is 6.15. The first kappa shape index (κ1) is 32.2. The second-order valence-corrected chi connectivity index (χ2v) is 12.5. The summed E-state index contributed by atoms with van der Waals surface area (Å²) in [4.78, 5) is 56.7. The van der Waals surface area contributed by atoms with Gasteiger partial charge in [0, 0.05) is 41.7 Å². The molecule has 3 heterocycles. The SMILES string of the molecule is C=CCCC(=O)NC[C@@H](C)OC(=O)[C@@H]1[C@H]2O[C@@]3(CC2Br)[C@H](C(=O)N(CC=C)c2ccc(Cl)cc2)N(CCCO)C(=O)[C@@H]13. The second-order valence-electron chi connectivity index (χ2n) is 10.9. The van der Waals surface area contributed by atoms with Crippen LogP contribution in [0.3, 0.4) is 0 Å². The number of nitrogens with zero attached hydrogens (tertiary/aromatic N) is 2. The van der Waals surface area contributed by atoms with E-state index in [2.05, 4.69) is 34.4 Å². The van der Waals surface area contributed by atoms with Crippen LogP contribution in [0.1, 0.15) is 32.6 Å². The van der Waals surface area contributed by atoms with Crippen molar-refractivity contribution in [1.29, 1.82) is 0 Å². The molecular weight excluding hydrogens is 630 g/mol. The van der Waals surface area contributed by atoms with Gasteiger partial charge in [-0.1, -0.05) is 39.7 Å². The number of hydrogen-bond donors (Lipinski definition) is 2. The van der Waals surface area contributed by atoms with Crippen molar-refractivity contribution in [2.75, 3.05) is 31.1 Å². The molecule has 3 saturated heterocycles. The number of alkyl halides is 1.